The molecule has 0 aliphatic heterocycles. The molecular formula is C17H15NO4S2. The van der Waals surface area contributed by atoms with Crippen molar-refractivity contribution in [1.29, 1.82) is 0 Å². The van der Waals surface area contributed by atoms with Gasteiger partial charge in [-0.05, 0) is 31.2 Å². The Balaban J connectivity index is 1.41. The summed E-state index contributed by atoms with van der Waals surface area (Å²) >= 11 is 2.91. The quantitative estimate of drug-likeness (QED) is 0.475. The number of aromatic nitrogens is 1. The van der Waals surface area contributed by atoms with Crippen molar-refractivity contribution in [2.75, 3.05) is 13.2 Å². The highest BCUT2D eigenvalue weighted by Crippen LogP contribution is 2.21. The zero-order valence-electron chi connectivity index (χ0n) is 13.0. The molecule has 0 unspecified atom stereocenters. The smallest absolute Gasteiger partial charge is 0.332 e. The average molecular weight is 361 g/mol. The molecule has 0 aliphatic carbocycles. The van der Waals surface area contributed by atoms with Crippen LogP contribution in [0.3, 0.4) is 0 Å². The van der Waals surface area contributed by atoms with Crippen LogP contribution in [-0.2, 0) is 20.9 Å². The van der Waals surface area contributed by atoms with Crippen LogP contribution in [0.25, 0.3) is 10.2 Å². The van der Waals surface area contributed by atoms with Gasteiger partial charge < -0.3 is 9.47 Å². The summed E-state index contributed by atoms with van der Waals surface area (Å²) in [7, 11) is 0. The van der Waals surface area contributed by atoms with Crippen LogP contribution < -0.4 is 0 Å². The number of thiazole rings is 1. The first kappa shape index (κ1) is 16.8. The zero-order valence-corrected chi connectivity index (χ0v) is 14.6. The molecule has 3 aromatic rings. The molecule has 2 aromatic heterocycles. The Morgan fingerprint density at radius 3 is 2.67 bits per heavy atom. The van der Waals surface area contributed by atoms with Crippen LogP contribution in [0, 0.1) is 6.92 Å². The number of hydrogen-bond donors (Lipinski definition) is 0. The number of thiophene rings is 1. The number of esters is 1. The topological polar surface area (TPSA) is 65.5 Å². The molecule has 7 heteroatoms. The Morgan fingerprint density at radius 1 is 1.08 bits per heavy atom. The van der Waals surface area contributed by atoms with Gasteiger partial charge in [0.25, 0.3) is 0 Å². The molecule has 0 bridgehead atoms. The summed E-state index contributed by atoms with van der Waals surface area (Å²) in [6, 6.07) is 11.4. The lowest BCUT2D eigenvalue weighted by atomic mass is 10.3. The van der Waals surface area contributed by atoms with Crippen molar-refractivity contribution in [1.82, 2.24) is 4.98 Å². The van der Waals surface area contributed by atoms with Crippen molar-refractivity contribution in [3.63, 3.8) is 0 Å². The van der Waals surface area contributed by atoms with Gasteiger partial charge in [0, 0.05) is 4.88 Å². The van der Waals surface area contributed by atoms with E-state index in [4.69, 9.17) is 9.47 Å². The van der Waals surface area contributed by atoms with E-state index in [0.29, 0.717) is 4.88 Å². The molecule has 0 saturated heterocycles. The van der Waals surface area contributed by atoms with Crippen LogP contribution in [0.15, 0.2) is 36.4 Å². The van der Waals surface area contributed by atoms with E-state index < -0.39 is 5.97 Å². The third-order valence-corrected chi connectivity index (χ3v) is 5.21. The van der Waals surface area contributed by atoms with E-state index in [9.17, 15) is 9.59 Å². The number of ketones is 1. The van der Waals surface area contributed by atoms with Gasteiger partial charge in [-0.15, -0.1) is 22.7 Å². The Hall–Kier alpha value is -2.09. The maximum Gasteiger partial charge on any atom is 0.332 e. The number of ether oxygens (including phenoxy) is 2. The number of carbonyl (C=O) groups excluding carboxylic acids is 2. The highest BCUT2D eigenvalue weighted by molar-refractivity contribution is 7.18. The minimum Gasteiger partial charge on any atom is -0.456 e. The second kappa shape index (κ2) is 7.65. The second-order valence-electron chi connectivity index (χ2n) is 5.06. The number of Topliss-reactive ketones (excluding diaryl/α,β-unsaturated/α-hetero) is 1. The first-order valence-corrected chi connectivity index (χ1v) is 8.92. The van der Waals surface area contributed by atoms with Crippen molar-refractivity contribution < 1.29 is 19.1 Å². The molecular weight excluding hydrogens is 346 g/mol. The van der Waals surface area contributed by atoms with E-state index in [2.05, 4.69) is 4.98 Å². The Morgan fingerprint density at radius 2 is 1.92 bits per heavy atom. The van der Waals surface area contributed by atoms with Gasteiger partial charge in [0.15, 0.2) is 6.61 Å². The second-order valence-corrected chi connectivity index (χ2v) is 7.47. The zero-order chi connectivity index (χ0) is 16.9. The monoisotopic (exact) mass is 361 g/mol. The van der Waals surface area contributed by atoms with E-state index in [1.807, 2.05) is 37.3 Å². The fourth-order valence-corrected chi connectivity index (χ4v) is 3.74. The fourth-order valence-electron chi connectivity index (χ4n) is 2.05. The highest BCUT2D eigenvalue weighted by atomic mass is 32.1. The first-order valence-electron chi connectivity index (χ1n) is 7.29. The van der Waals surface area contributed by atoms with Gasteiger partial charge >= 0.3 is 5.97 Å². The summed E-state index contributed by atoms with van der Waals surface area (Å²) in [6.45, 7) is 1.70. The fraction of sp³-hybridized carbons (Fsp3) is 0.235. The number of aryl methyl sites for hydroxylation is 1. The Labute approximate surface area is 146 Å². The molecule has 0 saturated carbocycles. The van der Waals surface area contributed by atoms with E-state index in [1.54, 1.807) is 6.07 Å². The van der Waals surface area contributed by atoms with Gasteiger partial charge in [0.1, 0.15) is 11.6 Å². The number of fused-ring (bicyclic) bond motifs is 1. The normalized spacial score (nSPS) is 10.9. The maximum atomic E-state index is 11.8. The molecule has 0 radical (unpaired) electrons. The summed E-state index contributed by atoms with van der Waals surface area (Å²) in [6.07, 6.45) is 0. The standard InChI is InChI=1S/C17H15NO4S2/c1-11-6-7-15(23-11)13(19)8-22-17(20)10-21-9-16-18-12-4-2-3-5-14(12)24-16/h2-7H,8-10H2,1H3. The van der Waals surface area contributed by atoms with Crippen molar-refractivity contribution in [2.24, 2.45) is 0 Å². The molecule has 124 valence electrons. The summed E-state index contributed by atoms with van der Waals surface area (Å²) in [5.74, 6) is -0.759. The molecule has 0 amide bonds. The van der Waals surface area contributed by atoms with Crippen LogP contribution in [-0.4, -0.2) is 30.0 Å². The largest absolute Gasteiger partial charge is 0.456 e. The lowest BCUT2D eigenvalue weighted by Crippen LogP contribution is -2.17. The lowest BCUT2D eigenvalue weighted by Gasteiger charge is -2.03. The van der Waals surface area contributed by atoms with Crippen molar-refractivity contribution in [3.8, 4) is 0 Å². The predicted octanol–water partition coefficient (Wildman–Crippen LogP) is 3.61. The third-order valence-electron chi connectivity index (χ3n) is 3.16. The molecule has 0 N–H and O–H groups in total. The average Bonchev–Trinajstić information content (AvgIpc) is 3.18. The Kier molecular flexibility index (Phi) is 5.34. The Bertz CT molecular complexity index is 835. The van der Waals surface area contributed by atoms with Crippen LogP contribution >= 0.6 is 22.7 Å². The predicted molar refractivity (Wildman–Crippen MR) is 93.6 cm³/mol. The summed E-state index contributed by atoms with van der Waals surface area (Å²) < 4.78 is 11.3. The lowest BCUT2D eigenvalue weighted by molar-refractivity contribution is -0.148. The van der Waals surface area contributed by atoms with Crippen LogP contribution in [0.2, 0.25) is 0 Å². The van der Waals surface area contributed by atoms with Crippen LogP contribution in [0.4, 0.5) is 0 Å². The van der Waals surface area contributed by atoms with Gasteiger partial charge in [-0.3, -0.25) is 4.79 Å². The molecule has 0 atom stereocenters. The third kappa shape index (κ3) is 4.25. The van der Waals surface area contributed by atoms with Crippen LogP contribution in [0.5, 0.6) is 0 Å². The van der Waals surface area contributed by atoms with E-state index >= 15 is 0 Å². The van der Waals surface area contributed by atoms with Gasteiger partial charge in [0.05, 0.1) is 21.7 Å². The molecule has 3 rings (SSSR count). The van der Waals surface area contributed by atoms with E-state index in [-0.39, 0.29) is 25.6 Å². The number of carbonyl (C=O) groups is 2. The van der Waals surface area contributed by atoms with E-state index in [0.717, 1.165) is 20.1 Å². The van der Waals surface area contributed by atoms with E-state index in [1.165, 1.54) is 22.7 Å². The molecule has 5 nitrogen and oxygen atoms in total. The number of nitrogens with zero attached hydrogens (tertiary/aromatic N) is 1. The van der Waals surface area contributed by atoms with Crippen molar-refractivity contribution in [3.05, 3.63) is 51.2 Å². The number of para-hydroxylation sites is 1. The maximum absolute atomic E-state index is 11.8. The number of benzene rings is 1. The highest BCUT2D eigenvalue weighted by Gasteiger charge is 2.12. The van der Waals surface area contributed by atoms with Gasteiger partial charge in [-0.2, -0.15) is 0 Å². The number of rotatable bonds is 7. The molecule has 1 aromatic carbocycles. The SMILES string of the molecule is Cc1ccc(C(=O)COC(=O)COCc2nc3ccccc3s2)s1. The number of hydrogen-bond acceptors (Lipinski definition) is 7. The minimum atomic E-state index is -0.558. The molecule has 2 heterocycles. The minimum absolute atomic E-state index is 0.201. The van der Waals surface area contributed by atoms with Crippen LogP contribution in [0.1, 0.15) is 19.6 Å². The van der Waals surface area contributed by atoms with Gasteiger partial charge in [-0.25, -0.2) is 9.78 Å². The summed E-state index contributed by atoms with van der Waals surface area (Å²) in [4.78, 5) is 29.5. The molecule has 0 aliphatic rings. The molecule has 24 heavy (non-hydrogen) atoms. The van der Waals surface area contributed by atoms with Crippen molar-refractivity contribution in [2.45, 2.75) is 13.5 Å². The summed E-state index contributed by atoms with van der Waals surface area (Å²) in [5.41, 5.74) is 0.917. The van der Waals surface area contributed by atoms with Crippen molar-refractivity contribution >= 4 is 44.6 Å². The summed E-state index contributed by atoms with van der Waals surface area (Å²) in [5, 5.41) is 0.800. The molecule has 0 spiro atoms. The van der Waals surface area contributed by atoms with Gasteiger partial charge in [-0.1, -0.05) is 12.1 Å². The first-order chi connectivity index (χ1) is 11.6. The molecule has 0 fully saturated rings. The van der Waals surface area contributed by atoms with Gasteiger partial charge in [0.2, 0.25) is 5.78 Å².